The van der Waals surface area contributed by atoms with Crippen LogP contribution in [0.4, 0.5) is 0 Å². The number of aromatic amines is 1. The number of piperazine rings is 1. The molecule has 1 N–H and O–H groups in total. The van der Waals surface area contributed by atoms with Crippen LogP contribution in [0, 0.1) is 13.8 Å². The molecule has 1 atom stereocenters. The summed E-state index contributed by atoms with van der Waals surface area (Å²) < 4.78 is 10.9. The fourth-order valence-electron chi connectivity index (χ4n) is 4.45. The Morgan fingerprint density at radius 1 is 1.10 bits per heavy atom. The third kappa shape index (κ3) is 4.83. The summed E-state index contributed by atoms with van der Waals surface area (Å²) in [6.45, 7) is 11.3. The molecule has 2 aromatic rings. The minimum absolute atomic E-state index is 0.0143. The first-order chi connectivity index (χ1) is 14.8. The van der Waals surface area contributed by atoms with Crippen molar-refractivity contribution in [1.82, 2.24) is 14.8 Å². The predicted octanol–water partition coefficient (Wildman–Crippen LogP) is 3.24. The molecule has 0 aliphatic carbocycles. The Morgan fingerprint density at radius 2 is 1.77 bits per heavy atom. The molecule has 7 heteroatoms. The normalized spacial score (nSPS) is 16.2. The van der Waals surface area contributed by atoms with Gasteiger partial charge in [-0.05, 0) is 51.5 Å². The molecule has 0 spiro atoms. The summed E-state index contributed by atoms with van der Waals surface area (Å²) in [6, 6.07) is 5.60. The molecule has 0 bridgehead atoms. The monoisotopic (exact) mass is 427 g/mol. The van der Waals surface area contributed by atoms with Crippen molar-refractivity contribution >= 4 is 11.6 Å². The zero-order valence-corrected chi connectivity index (χ0v) is 19.4. The van der Waals surface area contributed by atoms with Gasteiger partial charge in [0.05, 0.1) is 26.0 Å². The van der Waals surface area contributed by atoms with Crippen molar-refractivity contribution in [2.75, 3.05) is 40.4 Å². The first kappa shape index (κ1) is 23.0. The number of hydrogen-bond acceptors (Lipinski definition) is 6. The molecule has 2 heterocycles. The van der Waals surface area contributed by atoms with Crippen LogP contribution in [0.25, 0.3) is 0 Å². The van der Waals surface area contributed by atoms with E-state index >= 15 is 0 Å². The number of aryl methyl sites for hydroxylation is 1. The van der Waals surface area contributed by atoms with Gasteiger partial charge in [-0.3, -0.25) is 19.4 Å². The molecular weight excluding hydrogens is 394 g/mol. The van der Waals surface area contributed by atoms with Gasteiger partial charge in [0.15, 0.2) is 11.6 Å². The quantitative estimate of drug-likeness (QED) is 0.652. The van der Waals surface area contributed by atoms with Gasteiger partial charge in [-0.25, -0.2) is 0 Å². The van der Waals surface area contributed by atoms with E-state index in [4.69, 9.17) is 9.47 Å². The topological polar surface area (TPSA) is 74.9 Å². The van der Waals surface area contributed by atoms with Crippen molar-refractivity contribution in [3.63, 3.8) is 0 Å². The largest absolute Gasteiger partial charge is 0.497 e. The maximum absolute atomic E-state index is 13.2. The van der Waals surface area contributed by atoms with Crippen molar-refractivity contribution in [2.45, 2.75) is 40.3 Å². The summed E-state index contributed by atoms with van der Waals surface area (Å²) >= 11 is 0. The molecule has 0 amide bonds. The maximum Gasteiger partial charge on any atom is 0.196 e. The molecule has 1 fully saturated rings. The first-order valence-electron chi connectivity index (χ1n) is 10.7. The Kier molecular flexibility index (Phi) is 7.18. The number of Topliss-reactive ketones (excluding diaryl/α,β-unsaturated/α-hetero) is 2. The van der Waals surface area contributed by atoms with Crippen molar-refractivity contribution in [3.05, 3.63) is 46.3 Å². The van der Waals surface area contributed by atoms with Gasteiger partial charge in [0.25, 0.3) is 0 Å². The molecule has 1 aliphatic heterocycles. The van der Waals surface area contributed by atoms with Gasteiger partial charge in [-0.15, -0.1) is 0 Å². The summed E-state index contributed by atoms with van der Waals surface area (Å²) in [5, 5.41) is 0. The van der Waals surface area contributed by atoms with E-state index in [0.717, 1.165) is 61.0 Å². The van der Waals surface area contributed by atoms with Gasteiger partial charge >= 0.3 is 0 Å². The average molecular weight is 428 g/mol. The molecule has 1 aromatic heterocycles. The second-order valence-electron chi connectivity index (χ2n) is 8.21. The van der Waals surface area contributed by atoms with Crippen molar-refractivity contribution in [3.8, 4) is 11.5 Å². The van der Waals surface area contributed by atoms with Crippen LogP contribution >= 0.6 is 0 Å². The van der Waals surface area contributed by atoms with E-state index in [1.165, 1.54) is 6.92 Å². The van der Waals surface area contributed by atoms with Gasteiger partial charge in [0.1, 0.15) is 11.5 Å². The van der Waals surface area contributed by atoms with Crippen LogP contribution in [0.15, 0.2) is 18.2 Å². The summed E-state index contributed by atoms with van der Waals surface area (Å²) in [5.41, 5.74) is 3.79. The SMILES string of the molecule is COc1ccc(OC)c(CN2CCN(C(C)C(=O)c3[nH]c(C)c(C(C)=O)c3C)CC2)c1. The molecule has 1 unspecified atom stereocenters. The molecule has 31 heavy (non-hydrogen) atoms. The zero-order valence-electron chi connectivity index (χ0n) is 19.4. The smallest absolute Gasteiger partial charge is 0.196 e. The highest BCUT2D eigenvalue weighted by Crippen LogP contribution is 2.26. The summed E-state index contributed by atoms with van der Waals surface area (Å²) in [5.74, 6) is 1.69. The van der Waals surface area contributed by atoms with Crippen LogP contribution in [0.1, 0.15) is 51.5 Å². The van der Waals surface area contributed by atoms with Crippen molar-refractivity contribution in [2.24, 2.45) is 0 Å². The number of ether oxygens (including phenoxy) is 2. The van der Waals surface area contributed by atoms with Crippen LogP contribution < -0.4 is 9.47 Å². The lowest BCUT2D eigenvalue weighted by molar-refractivity contribution is 0.0681. The second kappa shape index (κ2) is 9.66. The number of aromatic nitrogens is 1. The van der Waals surface area contributed by atoms with Gasteiger partial charge in [-0.2, -0.15) is 0 Å². The summed E-state index contributed by atoms with van der Waals surface area (Å²) in [6.07, 6.45) is 0. The Bertz CT molecular complexity index is 958. The van der Waals surface area contributed by atoms with E-state index in [9.17, 15) is 9.59 Å². The second-order valence-corrected chi connectivity index (χ2v) is 8.21. The predicted molar refractivity (Wildman–Crippen MR) is 120 cm³/mol. The van der Waals surface area contributed by atoms with Crippen LogP contribution in [0.3, 0.4) is 0 Å². The van der Waals surface area contributed by atoms with Gasteiger partial charge in [0, 0.05) is 49.5 Å². The minimum atomic E-state index is -0.245. The number of rotatable bonds is 8. The molecule has 1 saturated heterocycles. The van der Waals surface area contributed by atoms with Crippen LogP contribution in [-0.2, 0) is 6.54 Å². The summed E-state index contributed by atoms with van der Waals surface area (Å²) in [4.78, 5) is 32.8. The maximum atomic E-state index is 13.2. The lowest BCUT2D eigenvalue weighted by Gasteiger charge is -2.37. The van der Waals surface area contributed by atoms with Crippen molar-refractivity contribution < 1.29 is 19.1 Å². The Labute approximate surface area is 184 Å². The number of nitrogens with one attached hydrogen (secondary N) is 1. The molecule has 0 radical (unpaired) electrons. The number of hydrogen-bond donors (Lipinski definition) is 1. The Morgan fingerprint density at radius 3 is 2.32 bits per heavy atom. The number of H-pyrrole nitrogens is 1. The first-order valence-corrected chi connectivity index (χ1v) is 10.7. The third-order valence-electron chi connectivity index (χ3n) is 6.25. The summed E-state index contributed by atoms with van der Waals surface area (Å²) in [7, 11) is 3.34. The van der Waals surface area contributed by atoms with Crippen LogP contribution in [0.5, 0.6) is 11.5 Å². The van der Waals surface area contributed by atoms with E-state index in [0.29, 0.717) is 11.3 Å². The van der Waals surface area contributed by atoms with E-state index in [-0.39, 0.29) is 17.6 Å². The highest BCUT2D eigenvalue weighted by molar-refractivity contribution is 6.05. The van der Waals surface area contributed by atoms with Gasteiger partial charge in [0.2, 0.25) is 0 Å². The van der Waals surface area contributed by atoms with E-state index < -0.39 is 0 Å². The molecule has 3 rings (SSSR count). The lowest BCUT2D eigenvalue weighted by Crippen LogP contribution is -2.51. The molecule has 168 valence electrons. The molecule has 1 aromatic carbocycles. The molecule has 1 aliphatic rings. The van der Waals surface area contributed by atoms with Gasteiger partial charge < -0.3 is 14.5 Å². The van der Waals surface area contributed by atoms with E-state index in [1.807, 2.05) is 39.0 Å². The van der Waals surface area contributed by atoms with Crippen LogP contribution in [0.2, 0.25) is 0 Å². The minimum Gasteiger partial charge on any atom is -0.497 e. The number of carbonyl (C=O) groups excluding carboxylic acids is 2. The number of benzene rings is 1. The fraction of sp³-hybridized carbons (Fsp3) is 0.500. The molecular formula is C24H33N3O4. The third-order valence-corrected chi connectivity index (χ3v) is 6.25. The standard InChI is InChI=1S/C24H33N3O4/c1-15-22(18(4)28)16(2)25-23(15)24(29)17(3)27-11-9-26(10-12-27)14-19-13-20(30-5)7-8-21(19)31-6/h7-8,13,17,25H,9-12,14H2,1-6H3. The van der Waals surface area contributed by atoms with Crippen molar-refractivity contribution in [1.29, 1.82) is 0 Å². The zero-order chi connectivity index (χ0) is 22.7. The highest BCUT2D eigenvalue weighted by atomic mass is 16.5. The Balaban J connectivity index is 1.64. The lowest BCUT2D eigenvalue weighted by atomic mass is 10.0. The molecule has 0 saturated carbocycles. The number of ketones is 2. The number of carbonyl (C=O) groups is 2. The molecule has 7 nitrogen and oxygen atoms in total. The highest BCUT2D eigenvalue weighted by Gasteiger charge is 2.29. The number of nitrogens with zero attached hydrogens (tertiary/aromatic N) is 2. The van der Waals surface area contributed by atoms with Crippen LogP contribution in [-0.4, -0.2) is 72.8 Å². The number of methoxy groups -OCH3 is 2. The Hall–Kier alpha value is -2.64. The fourth-order valence-corrected chi connectivity index (χ4v) is 4.45. The van der Waals surface area contributed by atoms with E-state index in [2.05, 4.69) is 14.8 Å². The average Bonchev–Trinajstić information content (AvgIpc) is 3.07. The van der Waals surface area contributed by atoms with Gasteiger partial charge in [-0.1, -0.05) is 0 Å². The van der Waals surface area contributed by atoms with E-state index in [1.54, 1.807) is 14.2 Å².